The molecule has 66 valence electrons. The molecule has 0 saturated heterocycles. The monoisotopic (exact) mass is 176 g/mol. The van der Waals surface area contributed by atoms with E-state index >= 15 is 0 Å². The van der Waals surface area contributed by atoms with Crippen LogP contribution < -0.4 is 0 Å². The van der Waals surface area contributed by atoms with Crippen LogP contribution in [0.4, 0.5) is 22.0 Å². The average Bonchev–Trinajstić information content (AvgIpc) is 1.88. The largest absolute Gasteiger partial charge is 0.372 e. The molecule has 11 heavy (non-hydrogen) atoms. The molecule has 2 atom stereocenters. The topological polar surface area (TPSA) is 9.23 Å². The van der Waals surface area contributed by atoms with Crippen LogP contribution in [0.25, 0.3) is 0 Å². The van der Waals surface area contributed by atoms with Gasteiger partial charge in [-0.1, -0.05) is 0 Å². The predicted molar refractivity (Wildman–Crippen MR) is 25.6 cm³/mol. The lowest BCUT2D eigenvalue weighted by Gasteiger charge is -2.45. The second-order valence-corrected chi connectivity index (χ2v) is 2.30. The first-order chi connectivity index (χ1) is 4.85. The lowest BCUT2D eigenvalue weighted by molar-refractivity contribution is -0.372. The molecule has 1 rings (SSSR count). The molecule has 0 spiro atoms. The van der Waals surface area contributed by atoms with Crippen molar-refractivity contribution in [2.75, 3.05) is 7.11 Å². The summed E-state index contributed by atoms with van der Waals surface area (Å²) in [7, 11) is 0.764. The fourth-order valence-electron chi connectivity index (χ4n) is 0.919. The summed E-state index contributed by atoms with van der Waals surface area (Å²) in [5.74, 6) is -8.95. The maximum atomic E-state index is 12.1. The number of hydrogen-bond acceptors (Lipinski definition) is 1. The van der Waals surface area contributed by atoms with E-state index in [1.807, 2.05) is 0 Å². The van der Waals surface area contributed by atoms with Gasteiger partial charge in [-0.3, -0.25) is 0 Å². The smallest absolute Gasteiger partial charge is 0.346 e. The Morgan fingerprint density at radius 2 is 1.55 bits per heavy atom. The van der Waals surface area contributed by atoms with Crippen LogP contribution in [0.15, 0.2) is 0 Å². The van der Waals surface area contributed by atoms with Crippen molar-refractivity contribution in [3.63, 3.8) is 0 Å². The number of halogens is 5. The van der Waals surface area contributed by atoms with Crippen LogP contribution in [-0.2, 0) is 4.74 Å². The maximum absolute atomic E-state index is 12.1. The molecule has 1 nitrogen and oxygen atoms in total. The predicted octanol–water partition coefficient (Wildman–Crippen LogP) is 1.62. The van der Waals surface area contributed by atoms with E-state index in [4.69, 9.17) is 0 Å². The molecule has 0 aromatic rings. The van der Waals surface area contributed by atoms with Gasteiger partial charge in [0.05, 0.1) is 0 Å². The summed E-state index contributed by atoms with van der Waals surface area (Å²) in [5.41, 5.74) is 0. The Balaban J connectivity index is 2.79. The van der Waals surface area contributed by atoms with Gasteiger partial charge in [0.1, 0.15) is 0 Å². The highest BCUT2D eigenvalue weighted by Crippen LogP contribution is 2.53. The minimum Gasteiger partial charge on any atom is -0.372 e. The van der Waals surface area contributed by atoms with E-state index in [1.54, 1.807) is 0 Å². The second-order valence-electron chi connectivity index (χ2n) is 2.30. The molecule has 0 aromatic carbocycles. The molecule has 1 saturated carbocycles. The molecule has 0 heterocycles. The van der Waals surface area contributed by atoms with Gasteiger partial charge in [-0.05, 0) is 0 Å². The number of ether oxygens (including phenoxy) is 1. The third-order valence-corrected chi connectivity index (χ3v) is 1.67. The van der Waals surface area contributed by atoms with Crippen LogP contribution in [0, 0.1) is 0 Å². The summed E-state index contributed by atoms with van der Waals surface area (Å²) in [6.45, 7) is 0. The van der Waals surface area contributed by atoms with Crippen LogP contribution in [0.3, 0.4) is 0 Å². The van der Waals surface area contributed by atoms with E-state index in [9.17, 15) is 22.0 Å². The molecule has 0 radical (unpaired) electrons. The Hall–Kier alpha value is -0.390. The van der Waals surface area contributed by atoms with Crippen molar-refractivity contribution >= 4 is 0 Å². The lowest BCUT2D eigenvalue weighted by Crippen LogP contribution is -2.72. The van der Waals surface area contributed by atoms with Gasteiger partial charge in [0.25, 0.3) is 0 Å². The minimum atomic E-state index is -4.58. The summed E-state index contributed by atoms with van der Waals surface area (Å²) < 4.78 is 64.1. The van der Waals surface area contributed by atoms with E-state index in [1.165, 1.54) is 0 Å². The van der Waals surface area contributed by atoms with E-state index in [-0.39, 0.29) is 0 Å². The molecule has 0 amide bonds. The van der Waals surface area contributed by atoms with E-state index in [2.05, 4.69) is 4.74 Å². The third-order valence-electron chi connectivity index (χ3n) is 1.67. The summed E-state index contributed by atoms with van der Waals surface area (Å²) >= 11 is 0. The van der Waals surface area contributed by atoms with Crippen LogP contribution in [-0.4, -0.2) is 31.2 Å². The third kappa shape index (κ3) is 0.786. The zero-order chi connectivity index (χ0) is 8.86. The highest BCUT2D eigenvalue weighted by atomic mass is 19.3. The molecule has 1 aliphatic rings. The van der Waals surface area contributed by atoms with Crippen LogP contribution >= 0.6 is 0 Å². The Morgan fingerprint density at radius 3 is 1.73 bits per heavy atom. The molecule has 1 fully saturated rings. The Morgan fingerprint density at radius 1 is 1.09 bits per heavy atom. The van der Waals surface area contributed by atoms with Gasteiger partial charge in [-0.2, -0.15) is 17.6 Å². The van der Waals surface area contributed by atoms with Gasteiger partial charge in [0.2, 0.25) is 6.17 Å². The standard InChI is InChI=1S/C5H5F5O/c1-11-3-2(6)4(7,8)5(3,9)10/h2-3H,1H3. The fourth-order valence-corrected chi connectivity index (χ4v) is 0.919. The summed E-state index contributed by atoms with van der Waals surface area (Å²) in [6.07, 6.45) is -5.21. The van der Waals surface area contributed by atoms with E-state index in [0.29, 0.717) is 0 Å². The van der Waals surface area contributed by atoms with Crippen molar-refractivity contribution in [2.24, 2.45) is 0 Å². The highest BCUT2D eigenvalue weighted by molar-refractivity contribution is 5.12. The van der Waals surface area contributed by atoms with Crippen molar-refractivity contribution in [1.82, 2.24) is 0 Å². The molecule has 2 unspecified atom stereocenters. The first-order valence-corrected chi connectivity index (χ1v) is 2.78. The first-order valence-electron chi connectivity index (χ1n) is 2.78. The Kier molecular flexibility index (Phi) is 1.63. The van der Waals surface area contributed by atoms with E-state index in [0.717, 1.165) is 7.11 Å². The van der Waals surface area contributed by atoms with Gasteiger partial charge in [0, 0.05) is 7.11 Å². The van der Waals surface area contributed by atoms with Gasteiger partial charge in [0.15, 0.2) is 6.10 Å². The number of rotatable bonds is 1. The lowest BCUT2D eigenvalue weighted by atomic mass is 9.83. The highest BCUT2D eigenvalue weighted by Gasteiger charge is 2.80. The quantitative estimate of drug-likeness (QED) is 0.551. The van der Waals surface area contributed by atoms with Crippen molar-refractivity contribution in [2.45, 2.75) is 24.1 Å². The SMILES string of the molecule is COC1C(F)C(F)(F)C1(F)F. The van der Waals surface area contributed by atoms with Crippen LogP contribution in [0.2, 0.25) is 0 Å². The van der Waals surface area contributed by atoms with Gasteiger partial charge < -0.3 is 4.74 Å². The Labute approximate surface area is 59.1 Å². The first kappa shape index (κ1) is 8.70. The van der Waals surface area contributed by atoms with Crippen molar-refractivity contribution in [3.05, 3.63) is 0 Å². The van der Waals surface area contributed by atoms with Gasteiger partial charge in [-0.25, -0.2) is 4.39 Å². The fraction of sp³-hybridized carbons (Fsp3) is 1.00. The van der Waals surface area contributed by atoms with Crippen molar-refractivity contribution in [3.8, 4) is 0 Å². The molecule has 6 heteroatoms. The zero-order valence-corrected chi connectivity index (χ0v) is 5.45. The number of methoxy groups -OCH3 is 1. The molecule has 0 N–H and O–H groups in total. The van der Waals surface area contributed by atoms with Crippen LogP contribution in [0.1, 0.15) is 0 Å². The van der Waals surface area contributed by atoms with Crippen molar-refractivity contribution in [1.29, 1.82) is 0 Å². The van der Waals surface area contributed by atoms with Gasteiger partial charge >= 0.3 is 11.8 Å². The molecule has 0 aliphatic heterocycles. The zero-order valence-electron chi connectivity index (χ0n) is 5.45. The maximum Gasteiger partial charge on any atom is 0.346 e. The molecular weight excluding hydrogens is 171 g/mol. The molecule has 1 aliphatic carbocycles. The number of hydrogen-bond donors (Lipinski definition) is 0. The number of alkyl halides is 5. The second kappa shape index (κ2) is 2.06. The van der Waals surface area contributed by atoms with Crippen LogP contribution in [0.5, 0.6) is 0 Å². The summed E-state index contributed by atoms with van der Waals surface area (Å²) in [4.78, 5) is 0. The Bertz CT molecular complexity index is 168. The summed E-state index contributed by atoms with van der Waals surface area (Å²) in [5, 5.41) is 0. The van der Waals surface area contributed by atoms with E-state index < -0.39 is 24.1 Å². The minimum absolute atomic E-state index is 0.764. The molecular formula is C5H5F5O. The van der Waals surface area contributed by atoms with Crippen molar-refractivity contribution < 1.29 is 26.7 Å². The molecule has 0 aromatic heterocycles. The molecule has 0 bridgehead atoms. The summed E-state index contributed by atoms with van der Waals surface area (Å²) in [6, 6.07) is 0. The van der Waals surface area contributed by atoms with Gasteiger partial charge in [-0.15, -0.1) is 0 Å². The average molecular weight is 176 g/mol. The normalized spacial score (nSPS) is 39.8.